The van der Waals surface area contributed by atoms with Crippen LogP contribution in [0.15, 0.2) is 0 Å². The molecule has 0 aromatic carbocycles. The molecule has 1 fully saturated rings. The van der Waals surface area contributed by atoms with Crippen LogP contribution in [0.5, 0.6) is 0 Å². The summed E-state index contributed by atoms with van der Waals surface area (Å²) in [7, 11) is 0. The molecule has 3 heteroatoms. The van der Waals surface area contributed by atoms with Crippen molar-refractivity contribution in [3.05, 3.63) is 0 Å². The predicted octanol–water partition coefficient (Wildman–Crippen LogP) is 0.0526. The first kappa shape index (κ1) is 9.96. The summed E-state index contributed by atoms with van der Waals surface area (Å²) >= 11 is 0. The van der Waals surface area contributed by atoms with E-state index in [9.17, 15) is 0 Å². The van der Waals surface area contributed by atoms with E-state index in [1.165, 1.54) is 19.4 Å². The number of hydrogen-bond acceptors (Lipinski definition) is 3. The molecule has 1 heterocycles. The smallest absolute Gasteiger partial charge is 0.0558 e. The summed E-state index contributed by atoms with van der Waals surface area (Å²) in [5.74, 6) is 0. The second-order valence-electron chi connectivity index (χ2n) is 3.41. The minimum Gasteiger partial charge on any atom is -0.395 e. The van der Waals surface area contributed by atoms with Gasteiger partial charge in [-0.25, -0.2) is 0 Å². The highest BCUT2D eigenvalue weighted by atomic mass is 16.3. The van der Waals surface area contributed by atoms with E-state index in [4.69, 9.17) is 5.11 Å². The molecule has 1 aliphatic heterocycles. The van der Waals surface area contributed by atoms with Crippen molar-refractivity contribution in [2.75, 3.05) is 32.8 Å². The van der Waals surface area contributed by atoms with Gasteiger partial charge in [0.25, 0.3) is 0 Å². The van der Waals surface area contributed by atoms with Crippen LogP contribution in [-0.2, 0) is 0 Å². The molecule has 3 nitrogen and oxygen atoms in total. The van der Waals surface area contributed by atoms with E-state index in [0.29, 0.717) is 6.04 Å². The van der Waals surface area contributed by atoms with Gasteiger partial charge in [0.1, 0.15) is 0 Å². The summed E-state index contributed by atoms with van der Waals surface area (Å²) in [4.78, 5) is 2.29. The third kappa shape index (κ3) is 3.09. The average molecular weight is 172 g/mol. The topological polar surface area (TPSA) is 35.5 Å². The summed E-state index contributed by atoms with van der Waals surface area (Å²) in [6.45, 7) is 6.54. The third-order valence-electron chi connectivity index (χ3n) is 2.50. The molecule has 0 radical (unpaired) electrons. The Kier molecular flexibility index (Phi) is 4.58. The maximum absolute atomic E-state index is 8.78. The first-order chi connectivity index (χ1) is 5.86. The Morgan fingerprint density at radius 3 is 2.92 bits per heavy atom. The van der Waals surface area contributed by atoms with Crippen LogP contribution in [0.1, 0.15) is 19.8 Å². The molecule has 0 amide bonds. The Hall–Kier alpha value is -0.120. The van der Waals surface area contributed by atoms with E-state index in [0.717, 1.165) is 19.6 Å². The van der Waals surface area contributed by atoms with Gasteiger partial charge in [0.2, 0.25) is 0 Å². The maximum Gasteiger partial charge on any atom is 0.0558 e. The Morgan fingerprint density at radius 1 is 1.58 bits per heavy atom. The summed E-state index contributed by atoms with van der Waals surface area (Å²) in [5.41, 5.74) is 0. The Bertz CT molecular complexity index is 113. The first-order valence-corrected chi connectivity index (χ1v) is 4.93. The molecule has 0 aliphatic carbocycles. The number of hydrogen-bond donors (Lipinski definition) is 2. The zero-order valence-corrected chi connectivity index (χ0v) is 7.92. The van der Waals surface area contributed by atoms with Gasteiger partial charge in [0.05, 0.1) is 6.61 Å². The minimum absolute atomic E-state index is 0.278. The number of likely N-dealkylation sites (N-methyl/N-ethyl adjacent to an activating group) is 1. The van der Waals surface area contributed by atoms with Crippen molar-refractivity contribution in [2.45, 2.75) is 25.8 Å². The second-order valence-corrected chi connectivity index (χ2v) is 3.41. The van der Waals surface area contributed by atoms with Crippen molar-refractivity contribution in [1.29, 1.82) is 0 Å². The lowest BCUT2D eigenvalue weighted by molar-refractivity contribution is 0.191. The molecule has 0 spiro atoms. The van der Waals surface area contributed by atoms with Gasteiger partial charge in [0, 0.05) is 19.1 Å². The van der Waals surface area contributed by atoms with Crippen LogP contribution in [0.2, 0.25) is 0 Å². The number of nitrogens with zero attached hydrogens (tertiary/aromatic N) is 1. The van der Waals surface area contributed by atoms with Crippen molar-refractivity contribution in [3.63, 3.8) is 0 Å². The van der Waals surface area contributed by atoms with Crippen LogP contribution in [0.3, 0.4) is 0 Å². The van der Waals surface area contributed by atoms with Gasteiger partial charge in [-0.3, -0.25) is 4.90 Å². The van der Waals surface area contributed by atoms with E-state index in [1.54, 1.807) is 0 Å². The normalized spacial score (nSPS) is 23.8. The van der Waals surface area contributed by atoms with Gasteiger partial charge in [-0.2, -0.15) is 0 Å². The molecule has 12 heavy (non-hydrogen) atoms. The first-order valence-electron chi connectivity index (χ1n) is 4.93. The van der Waals surface area contributed by atoms with Crippen molar-refractivity contribution in [3.8, 4) is 0 Å². The van der Waals surface area contributed by atoms with Crippen LogP contribution in [0, 0.1) is 0 Å². The van der Waals surface area contributed by atoms with Crippen LogP contribution in [0.25, 0.3) is 0 Å². The lowest BCUT2D eigenvalue weighted by Gasteiger charge is -2.22. The molecule has 0 aromatic rings. The Labute approximate surface area is 74.8 Å². The second kappa shape index (κ2) is 5.51. The molecule has 0 bridgehead atoms. The van der Waals surface area contributed by atoms with Crippen molar-refractivity contribution < 1.29 is 5.11 Å². The van der Waals surface area contributed by atoms with Gasteiger partial charge in [-0.1, -0.05) is 6.92 Å². The zero-order chi connectivity index (χ0) is 8.81. The largest absolute Gasteiger partial charge is 0.395 e. The molecule has 72 valence electrons. The van der Waals surface area contributed by atoms with Crippen molar-refractivity contribution >= 4 is 0 Å². The molecule has 1 rings (SSSR count). The van der Waals surface area contributed by atoms with Crippen molar-refractivity contribution in [1.82, 2.24) is 10.2 Å². The number of nitrogens with one attached hydrogen (secondary N) is 1. The predicted molar refractivity (Wildman–Crippen MR) is 50.2 cm³/mol. The summed E-state index contributed by atoms with van der Waals surface area (Å²) in [6, 6.07) is 0.663. The lowest BCUT2D eigenvalue weighted by Crippen LogP contribution is -2.38. The fourth-order valence-corrected chi connectivity index (χ4v) is 1.74. The van der Waals surface area contributed by atoms with Crippen LogP contribution < -0.4 is 5.32 Å². The molecule has 0 unspecified atom stereocenters. The van der Waals surface area contributed by atoms with Gasteiger partial charge in [0.15, 0.2) is 0 Å². The van der Waals surface area contributed by atoms with E-state index in [1.807, 2.05) is 0 Å². The Balaban J connectivity index is 2.16. The van der Waals surface area contributed by atoms with Crippen LogP contribution in [0.4, 0.5) is 0 Å². The monoisotopic (exact) mass is 172 g/mol. The summed E-state index contributed by atoms with van der Waals surface area (Å²) in [6.07, 6.45) is 2.60. The van der Waals surface area contributed by atoms with Crippen LogP contribution in [-0.4, -0.2) is 48.8 Å². The number of aliphatic hydroxyl groups is 1. The quantitative estimate of drug-likeness (QED) is 0.615. The van der Waals surface area contributed by atoms with E-state index >= 15 is 0 Å². The molecule has 0 aromatic heterocycles. The third-order valence-corrected chi connectivity index (χ3v) is 2.50. The fraction of sp³-hybridized carbons (Fsp3) is 1.00. The minimum atomic E-state index is 0.278. The summed E-state index contributed by atoms with van der Waals surface area (Å²) in [5, 5.41) is 12.2. The van der Waals surface area contributed by atoms with E-state index < -0.39 is 0 Å². The van der Waals surface area contributed by atoms with E-state index in [-0.39, 0.29) is 6.61 Å². The van der Waals surface area contributed by atoms with Crippen molar-refractivity contribution in [2.24, 2.45) is 0 Å². The van der Waals surface area contributed by atoms with Gasteiger partial charge >= 0.3 is 0 Å². The highest BCUT2D eigenvalue weighted by molar-refractivity contribution is 4.77. The lowest BCUT2D eigenvalue weighted by atomic mass is 10.2. The molecule has 1 saturated heterocycles. The van der Waals surface area contributed by atoms with Crippen LogP contribution >= 0.6 is 0 Å². The van der Waals surface area contributed by atoms with E-state index in [2.05, 4.69) is 17.1 Å². The maximum atomic E-state index is 8.78. The Morgan fingerprint density at radius 2 is 2.42 bits per heavy atom. The molecule has 1 atom stereocenters. The average Bonchev–Trinajstić information content (AvgIpc) is 2.56. The standard InChI is InChI=1S/C9H20N2O/c1-2-11(6-7-12)8-9-4-3-5-10-9/h9-10,12H,2-8H2,1H3/t9-/m1/s1. The van der Waals surface area contributed by atoms with Gasteiger partial charge in [-0.05, 0) is 25.9 Å². The number of rotatable bonds is 5. The highest BCUT2D eigenvalue weighted by Crippen LogP contribution is 2.06. The SMILES string of the molecule is CCN(CCO)C[C@H]1CCCN1. The molecule has 2 N–H and O–H groups in total. The summed E-state index contributed by atoms with van der Waals surface area (Å²) < 4.78 is 0. The van der Waals surface area contributed by atoms with Gasteiger partial charge in [-0.15, -0.1) is 0 Å². The molecular weight excluding hydrogens is 152 g/mol. The number of aliphatic hydroxyl groups excluding tert-OH is 1. The zero-order valence-electron chi connectivity index (χ0n) is 7.92. The molecular formula is C9H20N2O. The highest BCUT2D eigenvalue weighted by Gasteiger charge is 2.16. The molecule has 0 saturated carbocycles. The van der Waals surface area contributed by atoms with Gasteiger partial charge < -0.3 is 10.4 Å². The fourth-order valence-electron chi connectivity index (χ4n) is 1.74. The molecule has 1 aliphatic rings.